The lowest BCUT2D eigenvalue weighted by atomic mass is 10.2. The first-order valence-electron chi connectivity index (χ1n) is 6.84. The second-order valence-corrected chi connectivity index (χ2v) is 4.51. The summed E-state index contributed by atoms with van der Waals surface area (Å²) in [5.74, 6) is 0.903. The van der Waals surface area contributed by atoms with Gasteiger partial charge in [-0.3, -0.25) is 0 Å². The SMILES string of the molecule is CCCNc1nc(OCC)nc(N(C)CC(C)C#N)n1. The van der Waals surface area contributed by atoms with Crippen molar-refractivity contribution in [2.45, 2.75) is 27.2 Å². The molecule has 7 heteroatoms. The summed E-state index contributed by atoms with van der Waals surface area (Å²) in [5.41, 5.74) is 0. The summed E-state index contributed by atoms with van der Waals surface area (Å²) in [7, 11) is 1.85. The highest BCUT2D eigenvalue weighted by molar-refractivity contribution is 5.37. The van der Waals surface area contributed by atoms with Crippen LogP contribution in [0.3, 0.4) is 0 Å². The molecule has 0 bridgehead atoms. The average Bonchev–Trinajstić information content (AvgIpc) is 2.45. The van der Waals surface area contributed by atoms with Crippen LogP contribution < -0.4 is 15.0 Å². The lowest BCUT2D eigenvalue weighted by Crippen LogP contribution is -2.26. The minimum atomic E-state index is -0.0978. The Bertz CT molecular complexity index is 459. The molecule has 0 radical (unpaired) electrons. The number of hydrogen-bond acceptors (Lipinski definition) is 7. The molecule has 1 aromatic heterocycles. The number of rotatable bonds is 8. The topological polar surface area (TPSA) is 87.0 Å². The second kappa shape index (κ2) is 8.15. The van der Waals surface area contributed by atoms with Gasteiger partial charge in [-0.15, -0.1) is 0 Å². The third-order valence-electron chi connectivity index (χ3n) is 2.52. The van der Waals surface area contributed by atoms with Crippen LogP contribution >= 0.6 is 0 Å². The predicted molar refractivity (Wildman–Crippen MR) is 77.8 cm³/mol. The number of nitrogens with zero attached hydrogens (tertiary/aromatic N) is 5. The van der Waals surface area contributed by atoms with Crippen LogP contribution in [0.1, 0.15) is 27.2 Å². The Labute approximate surface area is 120 Å². The van der Waals surface area contributed by atoms with E-state index in [1.807, 2.05) is 25.8 Å². The zero-order chi connectivity index (χ0) is 15.0. The molecular formula is C13H22N6O. The van der Waals surface area contributed by atoms with Gasteiger partial charge in [0.15, 0.2) is 0 Å². The van der Waals surface area contributed by atoms with Gasteiger partial charge in [-0.25, -0.2) is 0 Å². The maximum atomic E-state index is 8.87. The van der Waals surface area contributed by atoms with Gasteiger partial charge in [0.1, 0.15) is 0 Å². The van der Waals surface area contributed by atoms with E-state index in [9.17, 15) is 0 Å². The Balaban J connectivity index is 2.92. The normalized spacial score (nSPS) is 11.6. The van der Waals surface area contributed by atoms with Crippen molar-refractivity contribution in [3.8, 4) is 12.1 Å². The van der Waals surface area contributed by atoms with Crippen LogP contribution in [0.2, 0.25) is 0 Å². The summed E-state index contributed by atoms with van der Waals surface area (Å²) in [6.45, 7) is 7.64. The quantitative estimate of drug-likeness (QED) is 0.774. The Morgan fingerprint density at radius 2 is 2.10 bits per heavy atom. The first kappa shape index (κ1) is 16.0. The number of aromatic nitrogens is 3. The molecule has 0 aliphatic heterocycles. The molecule has 1 rings (SSSR count). The molecule has 0 saturated heterocycles. The van der Waals surface area contributed by atoms with Crippen molar-refractivity contribution < 1.29 is 4.74 Å². The molecule has 110 valence electrons. The third-order valence-corrected chi connectivity index (χ3v) is 2.52. The maximum absolute atomic E-state index is 8.87. The third kappa shape index (κ3) is 4.88. The van der Waals surface area contributed by atoms with Crippen molar-refractivity contribution in [3.05, 3.63) is 0 Å². The van der Waals surface area contributed by atoms with Crippen molar-refractivity contribution in [1.82, 2.24) is 15.0 Å². The van der Waals surface area contributed by atoms with Crippen molar-refractivity contribution >= 4 is 11.9 Å². The molecule has 0 aliphatic carbocycles. The molecular weight excluding hydrogens is 256 g/mol. The molecule has 0 amide bonds. The minimum absolute atomic E-state index is 0.0978. The molecule has 20 heavy (non-hydrogen) atoms. The van der Waals surface area contributed by atoms with E-state index < -0.39 is 0 Å². The summed E-state index contributed by atoms with van der Waals surface area (Å²) in [4.78, 5) is 14.6. The van der Waals surface area contributed by atoms with Crippen LogP contribution in [0.15, 0.2) is 0 Å². The molecule has 1 N–H and O–H groups in total. The fourth-order valence-electron chi connectivity index (χ4n) is 1.56. The Morgan fingerprint density at radius 1 is 1.35 bits per heavy atom. The van der Waals surface area contributed by atoms with Crippen LogP contribution in [-0.2, 0) is 0 Å². The summed E-state index contributed by atoms with van der Waals surface area (Å²) >= 11 is 0. The number of anilines is 2. The first-order valence-corrected chi connectivity index (χ1v) is 6.84. The van der Waals surface area contributed by atoms with Gasteiger partial charge in [-0.1, -0.05) is 6.92 Å². The summed E-state index contributed by atoms with van der Waals surface area (Å²) in [6.07, 6.45) is 0.978. The number of hydrogen-bond donors (Lipinski definition) is 1. The van der Waals surface area contributed by atoms with E-state index in [1.54, 1.807) is 0 Å². The van der Waals surface area contributed by atoms with Gasteiger partial charge >= 0.3 is 6.01 Å². The number of ether oxygens (including phenoxy) is 1. The zero-order valence-corrected chi connectivity index (χ0v) is 12.6. The molecule has 0 aromatic carbocycles. The molecule has 0 fully saturated rings. The van der Waals surface area contributed by atoms with E-state index >= 15 is 0 Å². The van der Waals surface area contributed by atoms with E-state index in [1.165, 1.54) is 0 Å². The van der Waals surface area contributed by atoms with Crippen molar-refractivity contribution in [3.63, 3.8) is 0 Å². The number of nitriles is 1. The Morgan fingerprint density at radius 3 is 2.70 bits per heavy atom. The lowest BCUT2D eigenvalue weighted by Gasteiger charge is -2.19. The van der Waals surface area contributed by atoms with Crippen molar-refractivity contribution in [2.24, 2.45) is 5.92 Å². The molecule has 1 aromatic rings. The predicted octanol–water partition coefficient (Wildman–Crippen LogP) is 1.69. The molecule has 0 saturated carbocycles. The molecule has 0 spiro atoms. The van der Waals surface area contributed by atoms with Crippen molar-refractivity contribution in [2.75, 3.05) is 37.0 Å². The van der Waals surface area contributed by atoms with Crippen LogP contribution in [0.5, 0.6) is 6.01 Å². The van der Waals surface area contributed by atoms with Gasteiger partial charge in [0, 0.05) is 20.1 Å². The maximum Gasteiger partial charge on any atom is 0.323 e. The zero-order valence-electron chi connectivity index (χ0n) is 12.6. The molecule has 7 nitrogen and oxygen atoms in total. The smallest absolute Gasteiger partial charge is 0.323 e. The molecule has 1 heterocycles. The van der Waals surface area contributed by atoms with Crippen LogP contribution in [0.25, 0.3) is 0 Å². The molecule has 1 unspecified atom stereocenters. The highest BCUT2D eigenvalue weighted by Gasteiger charge is 2.13. The molecule has 0 aliphatic rings. The van der Waals surface area contributed by atoms with Gasteiger partial charge in [-0.05, 0) is 20.3 Å². The van der Waals surface area contributed by atoms with Gasteiger partial charge in [-0.2, -0.15) is 20.2 Å². The van der Waals surface area contributed by atoms with Gasteiger partial charge in [0.25, 0.3) is 0 Å². The van der Waals surface area contributed by atoms with E-state index in [4.69, 9.17) is 10.00 Å². The molecule has 1 atom stereocenters. The summed E-state index contributed by atoms with van der Waals surface area (Å²) in [6, 6.07) is 2.49. The van der Waals surface area contributed by atoms with E-state index in [0.29, 0.717) is 31.1 Å². The van der Waals surface area contributed by atoms with Gasteiger partial charge in [0.2, 0.25) is 11.9 Å². The summed E-state index contributed by atoms with van der Waals surface area (Å²) in [5, 5.41) is 12.0. The lowest BCUT2D eigenvalue weighted by molar-refractivity contribution is 0.312. The second-order valence-electron chi connectivity index (χ2n) is 4.51. The highest BCUT2D eigenvalue weighted by Crippen LogP contribution is 2.15. The summed E-state index contributed by atoms with van der Waals surface area (Å²) < 4.78 is 5.35. The first-order chi connectivity index (χ1) is 9.60. The van der Waals surface area contributed by atoms with Crippen LogP contribution in [-0.4, -0.2) is 41.7 Å². The largest absolute Gasteiger partial charge is 0.464 e. The fraction of sp³-hybridized carbons (Fsp3) is 0.692. The van der Waals surface area contributed by atoms with Crippen LogP contribution in [0.4, 0.5) is 11.9 Å². The minimum Gasteiger partial charge on any atom is -0.464 e. The van der Waals surface area contributed by atoms with Gasteiger partial charge in [0.05, 0.1) is 18.6 Å². The Kier molecular flexibility index (Phi) is 6.50. The monoisotopic (exact) mass is 278 g/mol. The standard InChI is InChI=1S/C13H22N6O/c1-5-7-15-11-16-12(18-13(17-11)20-6-2)19(4)9-10(3)8-14/h10H,5-7,9H2,1-4H3,(H,15,16,17,18). The highest BCUT2D eigenvalue weighted by atomic mass is 16.5. The van der Waals surface area contributed by atoms with Gasteiger partial charge < -0.3 is 15.0 Å². The fourth-order valence-corrected chi connectivity index (χ4v) is 1.56. The number of nitrogens with one attached hydrogen (secondary N) is 1. The van der Waals surface area contributed by atoms with E-state index in [-0.39, 0.29) is 5.92 Å². The van der Waals surface area contributed by atoms with Crippen LogP contribution in [0, 0.1) is 17.2 Å². The van der Waals surface area contributed by atoms with E-state index in [0.717, 1.165) is 13.0 Å². The Hall–Kier alpha value is -2.10. The van der Waals surface area contributed by atoms with E-state index in [2.05, 4.69) is 33.3 Å². The average molecular weight is 278 g/mol. The van der Waals surface area contributed by atoms with Crippen molar-refractivity contribution in [1.29, 1.82) is 5.26 Å².